The minimum atomic E-state index is -1.08. The second-order valence-electron chi connectivity index (χ2n) is 5.02. The van der Waals surface area contributed by atoms with Gasteiger partial charge in [0.25, 0.3) is 0 Å². The van der Waals surface area contributed by atoms with Crippen molar-refractivity contribution in [2.75, 3.05) is 0 Å². The Labute approximate surface area is 122 Å². The van der Waals surface area contributed by atoms with E-state index in [1.807, 2.05) is 42.5 Å². The van der Waals surface area contributed by atoms with Gasteiger partial charge in [0.05, 0.1) is 6.04 Å². The Bertz CT molecular complexity index is 664. The number of hydrogen-bond acceptors (Lipinski definition) is 3. The molecule has 0 aliphatic rings. The molecule has 110 valence electrons. The van der Waals surface area contributed by atoms with E-state index in [4.69, 9.17) is 10.8 Å². The summed E-state index contributed by atoms with van der Waals surface area (Å²) in [4.78, 5) is 22.6. The maximum absolute atomic E-state index is 11.9. The first kappa shape index (κ1) is 15.0. The molecule has 0 heterocycles. The highest BCUT2D eigenvalue weighted by Crippen LogP contribution is 2.19. The maximum Gasteiger partial charge on any atom is 0.325 e. The van der Waals surface area contributed by atoms with E-state index in [0.717, 1.165) is 16.3 Å². The van der Waals surface area contributed by atoms with Gasteiger partial charge in [-0.2, -0.15) is 0 Å². The van der Waals surface area contributed by atoms with Crippen molar-refractivity contribution in [2.24, 2.45) is 5.73 Å². The number of amides is 1. The summed E-state index contributed by atoms with van der Waals surface area (Å²) in [7, 11) is 0. The number of aliphatic carboxylic acids is 1. The van der Waals surface area contributed by atoms with E-state index in [1.54, 1.807) is 0 Å². The molecule has 0 fully saturated rings. The molecule has 5 nitrogen and oxygen atoms in total. The monoisotopic (exact) mass is 286 g/mol. The molecule has 0 spiro atoms. The number of nitrogens with two attached hydrogens (primary N) is 1. The van der Waals surface area contributed by atoms with Crippen LogP contribution in [-0.4, -0.2) is 29.1 Å². The summed E-state index contributed by atoms with van der Waals surface area (Å²) >= 11 is 0. The third-order valence-electron chi connectivity index (χ3n) is 3.39. The number of fused-ring (bicyclic) bond motifs is 1. The van der Waals surface area contributed by atoms with Crippen molar-refractivity contribution in [3.8, 4) is 0 Å². The molecule has 0 bridgehead atoms. The molecule has 0 saturated carbocycles. The zero-order valence-electron chi connectivity index (χ0n) is 11.7. The summed E-state index contributed by atoms with van der Waals surface area (Å²) in [6, 6.07) is 12.0. The van der Waals surface area contributed by atoms with Gasteiger partial charge in [-0.05, 0) is 29.7 Å². The molecule has 2 aromatic carbocycles. The average Bonchev–Trinajstić information content (AvgIpc) is 2.47. The van der Waals surface area contributed by atoms with E-state index in [1.165, 1.54) is 6.92 Å². The van der Waals surface area contributed by atoms with Gasteiger partial charge in [0.15, 0.2) is 0 Å². The van der Waals surface area contributed by atoms with Crippen molar-refractivity contribution in [3.63, 3.8) is 0 Å². The van der Waals surface area contributed by atoms with Crippen LogP contribution in [0.5, 0.6) is 0 Å². The number of hydrogen-bond donors (Lipinski definition) is 3. The van der Waals surface area contributed by atoms with Gasteiger partial charge in [0, 0.05) is 0 Å². The fourth-order valence-electron chi connectivity index (χ4n) is 2.18. The first-order chi connectivity index (χ1) is 9.99. The van der Waals surface area contributed by atoms with Crippen LogP contribution in [0.15, 0.2) is 42.5 Å². The fraction of sp³-hybridized carbons (Fsp3) is 0.250. The number of rotatable bonds is 5. The summed E-state index contributed by atoms with van der Waals surface area (Å²) in [6.45, 7) is 1.41. The minimum absolute atomic E-state index is 0.361. The second kappa shape index (κ2) is 6.37. The Morgan fingerprint density at radius 3 is 2.57 bits per heavy atom. The molecule has 4 N–H and O–H groups in total. The molecule has 2 atom stereocenters. The van der Waals surface area contributed by atoms with Crippen molar-refractivity contribution in [2.45, 2.75) is 25.4 Å². The van der Waals surface area contributed by atoms with Gasteiger partial charge in [-0.15, -0.1) is 0 Å². The van der Waals surface area contributed by atoms with Gasteiger partial charge in [0.2, 0.25) is 5.91 Å². The van der Waals surface area contributed by atoms with Crippen molar-refractivity contribution >= 4 is 22.6 Å². The summed E-state index contributed by atoms with van der Waals surface area (Å²) in [6.07, 6.45) is 0.361. The van der Waals surface area contributed by atoms with E-state index >= 15 is 0 Å². The van der Waals surface area contributed by atoms with Crippen LogP contribution in [-0.2, 0) is 16.0 Å². The van der Waals surface area contributed by atoms with Crippen LogP contribution < -0.4 is 11.1 Å². The average molecular weight is 286 g/mol. The number of benzene rings is 2. The minimum Gasteiger partial charge on any atom is -0.480 e. The largest absolute Gasteiger partial charge is 0.480 e. The molecule has 5 heteroatoms. The molecule has 21 heavy (non-hydrogen) atoms. The lowest BCUT2D eigenvalue weighted by Crippen LogP contribution is -2.48. The molecule has 0 aliphatic carbocycles. The number of nitrogens with one attached hydrogen (secondary N) is 1. The van der Waals surface area contributed by atoms with E-state index in [2.05, 4.69) is 5.32 Å². The number of carboxylic acid groups (broad SMARTS) is 1. The predicted octanol–water partition coefficient (Wildman–Crippen LogP) is 1.30. The molecule has 0 aliphatic heterocycles. The molecular weight excluding hydrogens is 268 g/mol. The number of carbonyl (C=O) groups is 2. The highest BCUT2D eigenvalue weighted by Gasteiger charge is 2.20. The number of carbonyl (C=O) groups excluding carboxylic acids is 1. The first-order valence-corrected chi connectivity index (χ1v) is 6.74. The van der Waals surface area contributed by atoms with Crippen LogP contribution in [0.3, 0.4) is 0 Å². The quantitative estimate of drug-likeness (QED) is 0.772. The van der Waals surface area contributed by atoms with Crippen LogP contribution in [0.1, 0.15) is 12.5 Å². The van der Waals surface area contributed by atoms with Crippen molar-refractivity contribution in [1.29, 1.82) is 0 Å². The van der Waals surface area contributed by atoms with Gasteiger partial charge >= 0.3 is 5.97 Å². The predicted molar refractivity (Wildman–Crippen MR) is 80.9 cm³/mol. The summed E-state index contributed by atoms with van der Waals surface area (Å²) in [5.74, 6) is -1.54. The Morgan fingerprint density at radius 1 is 1.19 bits per heavy atom. The first-order valence-electron chi connectivity index (χ1n) is 6.74. The van der Waals surface area contributed by atoms with Gasteiger partial charge in [0.1, 0.15) is 6.04 Å². The molecule has 2 aromatic rings. The van der Waals surface area contributed by atoms with Crippen molar-refractivity contribution < 1.29 is 14.7 Å². The molecule has 0 saturated heterocycles. The Hall–Kier alpha value is -2.40. The summed E-state index contributed by atoms with van der Waals surface area (Å²) < 4.78 is 0. The van der Waals surface area contributed by atoms with Gasteiger partial charge in [-0.25, -0.2) is 0 Å². The molecular formula is C16H18N2O3. The lowest BCUT2D eigenvalue weighted by molar-refractivity contribution is -0.141. The van der Waals surface area contributed by atoms with Crippen LogP contribution in [0.4, 0.5) is 0 Å². The zero-order valence-corrected chi connectivity index (χ0v) is 11.7. The second-order valence-corrected chi connectivity index (χ2v) is 5.02. The highest BCUT2D eigenvalue weighted by molar-refractivity contribution is 5.89. The molecule has 1 amide bonds. The Morgan fingerprint density at radius 2 is 1.86 bits per heavy atom. The van der Waals surface area contributed by atoms with Crippen LogP contribution in [0, 0.1) is 0 Å². The van der Waals surface area contributed by atoms with E-state index in [-0.39, 0.29) is 0 Å². The lowest BCUT2D eigenvalue weighted by atomic mass is 9.99. The third kappa shape index (κ3) is 3.58. The third-order valence-corrected chi connectivity index (χ3v) is 3.39. The standard InChI is InChI=1S/C16H18N2O3/c1-10(16(20)21)18-15(19)14(17)9-12-7-4-6-11-5-2-3-8-13(11)12/h2-8,10,14H,9,17H2,1H3,(H,18,19)(H,20,21)/t10-,14-/m0/s1. The summed E-state index contributed by atoms with van der Waals surface area (Å²) in [5, 5.41) is 13.3. The van der Waals surface area contributed by atoms with Crippen LogP contribution in [0.2, 0.25) is 0 Å². The van der Waals surface area contributed by atoms with E-state index < -0.39 is 24.0 Å². The van der Waals surface area contributed by atoms with Crippen LogP contribution >= 0.6 is 0 Å². The topological polar surface area (TPSA) is 92.4 Å². The highest BCUT2D eigenvalue weighted by atomic mass is 16.4. The molecule has 0 aromatic heterocycles. The SMILES string of the molecule is C[C@H](NC(=O)[C@@H](N)Cc1cccc2ccccc12)C(=O)O. The van der Waals surface area contributed by atoms with Crippen LogP contribution in [0.25, 0.3) is 10.8 Å². The van der Waals surface area contributed by atoms with Crippen molar-refractivity contribution in [1.82, 2.24) is 5.32 Å². The van der Waals surface area contributed by atoms with Gasteiger partial charge < -0.3 is 16.2 Å². The van der Waals surface area contributed by atoms with E-state index in [0.29, 0.717) is 6.42 Å². The van der Waals surface area contributed by atoms with Gasteiger partial charge in [-0.3, -0.25) is 9.59 Å². The smallest absolute Gasteiger partial charge is 0.325 e. The summed E-state index contributed by atoms with van der Waals surface area (Å²) in [5.41, 5.74) is 6.85. The fourth-order valence-corrected chi connectivity index (χ4v) is 2.18. The van der Waals surface area contributed by atoms with E-state index in [9.17, 15) is 9.59 Å². The molecule has 0 radical (unpaired) electrons. The normalized spacial score (nSPS) is 13.6. The molecule has 0 unspecified atom stereocenters. The Balaban J connectivity index is 2.13. The zero-order chi connectivity index (χ0) is 15.4. The Kier molecular flexibility index (Phi) is 4.55. The lowest BCUT2D eigenvalue weighted by Gasteiger charge is -2.15. The van der Waals surface area contributed by atoms with Crippen molar-refractivity contribution in [3.05, 3.63) is 48.0 Å². The molecule has 2 rings (SSSR count). The number of carboxylic acids is 1. The van der Waals surface area contributed by atoms with Gasteiger partial charge in [-0.1, -0.05) is 42.5 Å². The maximum atomic E-state index is 11.9.